The molecule has 0 saturated heterocycles. The number of anilines is 1. The van der Waals surface area contributed by atoms with Crippen molar-refractivity contribution in [1.82, 2.24) is 9.19 Å². The Morgan fingerprint density at radius 3 is 2.94 bits per heavy atom. The summed E-state index contributed by atoms with van der Waals surface area (Å²) in [6, 6.07) is 12.4. The van der Waals surface area contributed by atoms with Crippen LogP contribution < -0.4 is 10.6 Å². The highest BCUT2D eigenvalue weighted by molar-refractivity contribution is 7.98. The summed E-state index contributed by atoms with van der Waals surface area (Å²) < 4.78 is 1.94. The van der Waals surface area contributed by atoms with Crippen molar-refractivity contribution in [1.29, 1.82) is 0 Å². The van der Waals surface area contributed by atoms with E-state index in [-0.39, 0.29) is 5.50 Å². The molecule has 1 aliphatic rings. The molecule has 0 bridgehead atoms. The number of fused-ring (bicyclic) bond motifs is 1. The Morgan fingerprint density at radius 2 is 2.19 bits per heavy atom. The highest BCUT2D eigenvalue weighted by Crippen LogP contribution is 2.26. The molecular weight excluding hydrogens is 220 g/mol. The number of benzene rings is 1. The van der Waals surface area contributed by atoms with Crippen LogP contribution in [0.15, 0.2) is 36.4 Å². The van der Waals surface area contributed by atoms with Crippen molar-refractivity contribution in [3.63, 3.8) is 0 Å². The zero-order valence-electron chi connectivity index (χ0n) is 8.92. The van der Waals surface area contributed by atoms with E-state index in [4.69, 9.17) is 0 Å². The van der Waals surface area contributed by atoms with Gasteiger partial charge >= 0.3 is 0 Å². The molecule has 5 heteroatoms. The molecule has 0 unspecified atom stereocenters. The van der Waals surface area contributed by atoms with Gasteiger partial charge in [-0.2, -0.15) is 9.19 Å². The minimum Gasteiger partial charge on any atom is -0.310 e. The van der Waals surface area contributed by atoms with E-state index in [1.54, 1.807) is 11.9 Å². The molecule has 2 heterocycles. The van der Waals surface area contributed by atoms with Crippen molar-refractivity contribution in [3.05, 3.63) is 42.1 Å². The van der Waals surface area contributed by atoms with E-state index in [1.807, 2.05) is 29.2 Å². The maximum atomic E-state index is 4.38. The van der Waals surface area contributed by atoms with Crippen LogP contribution >= 0.6 is 11.9 Å². The van der Waals surface area contributed by atoms with Gasteiger partial charge in [0.1, 0.15) is 11.5 Å². The van der Waals surface area contributed by atoms with Gasteiger partial charge in [0.2, 0.25) is 5.50 Å². The second-order valence-corrected chi connectivity index (χ2v) is 4.86. The normalized spacial score (nSPS) is 18.2. The average Bonchev–Trinajstić information content (AvgIpc) is 2.76. The fourth-order valence-electron chi connectivity index (χ4n) is 1.75. The Balaban J connectivity index is 1.70. The number of rotatable bonds is 2. The zero-order valence-corrected chi connectivity index (χ0v) is 9.74. The number of hydrogen-bond acceptors (Lipinski definition) is 3. The lowest BCUT2D eigenvalue weighted by Gasteiger charge is -2.07. The van der Waals surface area contributed by atoms with Gasteiger partial charge < -0.3 is 5.32 Å². The smallest absolute Gasteiger partial charge is 0.234 e. The van der Waals surface area contributed by atoms with Gasteiger partial charge in [0.05, 0.1) is 17.6 Å². The van der Waals surface area contributed by atoms with Crippen LogP contribution in [0.5, 0.6) is 0 Å². The van der Waals surface area contributed by atoms with Crippen molar-refractivity contribution >= 4 is 23.5 Å². The Labute approximate surface area is 98.2 Å². The van der Waals surface area contributed by atoms with Crippen molar-refractivity contribution in [2.75, 3.05) is 5.32 Å². The molecule has 3 rings (SSSR count). The molecule has 1 aliphatic heterocycles. The number of nitrogens with zero attached hydrogens (tertiary/aromatic N) is 2. The zero-order chi connectivity index (χ0) is 11.0. The van der Waals surface area contributed by atoms with Gasteiger partial charge in [0, 0.05) is 6.07 Å². The van der Waals surface area contributed by atoms with E-state index < -0.39 is 0 Å². The van der Waals surface area contributed by atoms with E-state index in [0.29, 0.717) is 0 Å². The standard InChI is InChI=1S/C11H12N4S/c1-8-7-10-13-11(16-15(10)14-8)12-9-5-3-2-4-6-9/h2-7,11-13H,1H3/p+1/t11-/m0/s1. The maximum Gasteiger partial charge on any atom is 0.234 e. The lowest BCUT2D eigenvalue weighted by Crippen LogP contribution is -2.85. The van der Waals surface area contributed by atoms with Crippen LogP contribution in [0.1, 0.15) is 5.69 Å². The first-order valence-corrected chi connectivity index (χ1v) is 6.05. The third-order valence-corrected chi connectivity index (χ3v) is 3.41. The molecule has 1 aromatic heterocycles. The summed E-state index contributed by atoms with van der Waals surface area (Å²) in [4.78, 5) is 0. The molecule has 0 amide bonds. The molecule has 0 spiro atoms. The lowest BCUT2D eigenvalue weighted by atomic mass is 10.3. The molecule has 0 fully saturated rings. The molecule has 82 valence electrons. The number of quaternary nitrogens is 1. The number of nitrogens with two attached hydrogens (primary N) is 1. The summed E-state index contributed by atoms with van der Waals surface area (Å²) in [5, 5.41) is 9.99. The molecule has 0 saturated carbocycles. The van der Waals surface area contributed by atoms with E-state index in [9.17, 15) is 0 Å². The average molecular weight is 233 g/mol. The van der Waals surface area contributed by atoms with E-state index in [0.717, 1.165) is 11.5 Å². The van der Waals surface area contributed by atoms with Gasteiger partial charge in [-0.1, -0.05) is 18.2 Å². The predicted octanol–water partition coefficient (Wildman–Crippen LogP) is 1.29. The van der Waals surface area contributed by atoms with Gasteiger partial charge in [0.25, 0.3) is 0 Å². The first kappa shape index (κ1) is 9.74. The van der Waals surface area contributed by atoms with Gasteiger partial charge in [-0.3, -0.25) is 5.32 Å². The van der Waals surface area contributed by atoms with Crippen LogP contribution in [0.2, 0.25) is 0 Å². The molecule has 16 heavy (non-hydrogen) atoms. The van der Waals surface area contributed by atoms with Crippen molar-refractivity contribution in [2.24, 2.45) is 0 Å². The van der Waals surface area contributed by atoms with Crippen LogP contribution in [0.4, 0.5) is 11.5 Å². The minimum absolute atomic E-state index is 0.269. The Kier molecular flexibility index (Phi) is 2.34. The van der Waals surface area contributed by atoms with Crippen LogP contribution in [0.3, 0.4) is 0 Å². The summed E-state index contributed by atoms with van der Waals surface area (Å²) in [5.74, 6) is 1.08. The molecule has 3 N–H and O–H groups in total. The summed E-state index contributed by atoms with van der Waals surface area (Å²) in [6.07, 6.45) is 0. The highest BCUT2D eigenvalue weighted by Gasteiger charge is 2.25. The van der Waals surface area contributed by atoms with Crippen molar-refractivity contribution < 1.29 is 5.32 Å². The van der Waals surface area contributed by atoms with Crippen LogP contribution in [0.25, 0.3) is 0 Å². The monoisotopic (exact) mass is 233 g/mol. The Morgan fingerprint density at radius 1 is 1.38 bits per heavy atom. The molecular formula is C11H13N4S+. The molecule has 0 aliphatic carbocycles. The molecule has 4 nitrogen and oxygen atoms in total. The molecule has 0 radical (unpaired) electrons. The van der Waals surface area contributed by atoms with Crippen LogP contribution in [0, 0.1) is 6.92 Å². The second-order valence-electron chi connectivity index (χ2n) is 3.79. The molecule has 2 aromatic rings. The predicted molar refractivity (Wildman–Crippen MR) is 65.4 cm³/mol. The van der Waals surface area contributed by atoms with E-state index >= 15 is 0 Å². The topological polar surface area (TPSA) is 46.5 Å². The van der Waals surface area contributed by atoms with Gasteiger partial charge in [0.15, 0.2) is 0 Å². The van der Waals surface area contributed by atoms with Crippen LogP contribution in [-0.2, 0) is 0 Å². The van der Waals surface area contributed by atoms with Crippen LogP contribution in [-0.4, -0.2) is 14.7 Å². The third-order valence-electron chi connectivity index (χ3n) is 2.45. The first-order chi connectivity index (χ1) is 7.81. The third kappa shape index (κ3) is 1.79. The summed E-state index contributed by atoms with van der Waals surface area (Å²) >= 11 is 1.69. The highest BCUT2D eigenvalue weighted by atomic mass is 32.2. The fourth-order valence-corrected chi connectivity index (χ4v) is 2.75. The second kappa shape index (κ2) is 3.84. The van der Waals surface area contributed by atoms with Gasteiger partial charge in [-0.15, -0.1) is 0 Å². The number of aryl methyl sites for hydroxylation is 1. The Hall–Kier alpha value is -1.46. The quantitative estimate of drug-likeness (QED) is 0.768. The number of hydrogen-bond donors (Lipinski definition) is 2. The number of aromatic nitrogens is 2. The SMILES string of the molecule is Cc1cc2n(n1)S[C@@H]([NH2+]c1ccccc1)N2. The number of para-hydroxylation sites is 1. The number of nitrogens with one attached hydrogen (secondary N) is 1. The summed E-state index contributed by atoms with van der Waals surface area (Å²) in [6.45, 7) is 2.00. The summed E-state index contributed by atoms with van der Waals surface area (Å²) in [5.41, 5.74) is 2.55. The minimum atomic E-state index is 0.269. The van der Waals surface area contributed by atoms with Gasteiger partial charge in [-0.25, -0.2) is 0 Å². The summed E-state index contributed by atoms with van der Waals surface area (Å²) in [7, 11) is 0. The fraction of sp³-hybridized carbons (Fsp3) is 0.182. The lowest BCUT2D eigenvalue weighted by molar-refractivity contribution is -0.579. The largest absolute Gasteiger partial charge is 0.310 e. The van der Waals surface area contributed by atoms with Crippen molar-refractivity contribution in [2.45, 2.75) is 12.4 Å². The molecule has 1 aromatic carbocycles. The van der Waals surface area contributed by atoms with E-state index in [1.165, 1.54) is 5.69 Å². The van der Waals surface area contributed by atoms with Crippen molar-refractivity contribution in [3.8, 4) is 0 Å². The van der Waals surface area contributed by atoms with E-state index in [2.05, 4.69) is 33.9 Å². The first-order valence-electron chi connectivity index (χ1n) is 5.21. The van der Waals surface area contributed by atoms with Gasteiger partial charge in [-0.05, 0) is 19.1 Å². The Bertz CT molecular complexity index is 470. The maximum absolute atomic E-state index is 4.38. The molecule has 1 atom stereocenters.